The number of benzene rings is 1. The van der Waals surface area contributed by atoms with Crippen molar-refractivity contribution in [1.29, 1.82) is 0 Å². The number of anilines is 2. The Morgan fingerprint density at radius 2 is 1.97 bits per heavy atom. The number of carbonyl (C=O) groups excluding carboxylic acids is 1. The van der Waals surface area contributed by atoms with Crippen LogP contribution in [-0.2, 0) is 6.54 Å². The van der Waals surface area contributed by atoms with Crippen LogP contribution in [0.3, 0.4) is 0 Å². The van der Waals surface area contributed by atoms with Crippen molar-refractivity contribution in [3.63, 3.8) is 0 Å². The number of carbonyl (C=O) groups is 1. The molecule has 3 N–H and O–H groups in total. The molecular weight excluding hydrogens is 426 g/mol. The maximum atomic E-state index is 13.1. The Labute approximate surface area is 195 Å². The first kappa shape index (κ1) is 24.2. The molecule has 9 heteroatoms. The van der Waals surface area contributed by atoms with E-state index < -0.39 is 0 Å². The lowest BCUT2D eigenvalue weighted by atomic mass is 10.1. The van der Waals surface area contributed by atoms with E-state index in [0.29, 0.717) is 22.9 Å². The largest absolute Gasteiger partial charge is 0.368 e. The number of nitrogens with two attached hydrogens (primary N) is 1. The van der Waals surface area contributed by atoms with Crippen molar-refractivity contribution in [1.82, 2.24) is 25.2 Å². The zero-order valence-electron chi connectivity index (χ0n) is 19.2. The second-order valence-electron chi connectivity index (χ2n) is 8.66. The minimum Gasteiger partial charge on any atom is -0.368 e. The molecule has 1 aromatic heterocycles. The lowest BCUT2D eigenvalue weighted by Gasteiger charge is -2.34. The summed E-state index contributed by atoms with van der Waals surface area (Å²) in [6, 6.07) is 7.78. The van der Waals surface area contributed by atoms with Crippen molar-refractivity contribution in [2.75, 3.05) is 50.0 Å². The second-order valence-corrected chi connectivity index (χ2v) is 9.07. The number of hydrogen-bond donors (Lipinski definition) is 2. The fourth-order valence-electron chi connectivity index (χ4n) is 3.85. The number of aromatic nitrogens is 2. The fourth-order valence-corrected chi connectivity index (χ4v) is 4.05. The van der Waals surface area contributed by atoms with Gasteiger partial charge in [0.2, 0.25) is 5.95 Å². The van der Waals surface area contributed by atoms with E-state index in [1.807, 2.05) is 18.2 Å². The van der Waals surface area contributed by atoms with E-state index in [1.54, 1.807) is 5.01 Å². The normalized spacial score (nSPS) is 15.2. The van der Waals surface area contributed by atoms with Crippen LogP contribution in [-0.4, -0.2) is 64.9 Å². The predicted octanol–water partition coefficient (Wildman–Crippen LogP) is 3.05. The summed E-state index contributed by atoms with van der Waals surface area (Å²) in [7, 11) is 0. The third-order valence-corrected chi connectivity index (χ3v) is 5.65. The maximum absolute atomic E-state index is 13.1. The van der Waals surface area contributed by atoms with Gasteiger partial charge in [-0.05, 0) is 36.6 Å². The van der Waals surface area contributed by atoms with Gasteiger partial charge in [0.05, 0.1) is 6.20 Å². The van der Waals surface area contributed by atoms with Gasteiger partial charge in [0.25, 0.3) is 5.91 Å². The first-order valence-corrected chi connectivity index (χ1v) is 11.6. The molecule has 0 saturated carbocycles. The average molecular weight is 460 g/mol. The zero-order chi connectivity index (χ0) is 23.1. The van der Waals surface area contributed by atoms with Crippen LogP contribution in [0.2, 0.25) is 5.02 Å². The monoisotopic (exact) mass is 459 g/mol. The lowest BCUT2D eigenvalue weighted by molar-refractivity contribution is 0.0947. The van der Waals surface area contributed by atoms with E-state index in [9.17, 15) is 4.79 Å². The molecule has 1 fully saturated rings. The van der Waals surface area contributed by atoms with E-state index in [0.717, 1.165) is 38.3 Å². The molecule has 1 saturated heterocycles. The van der Waals surface area contributed by atoms with Crippen LogP contribution in [0.5, 0.6) is 0 Å². The second kappa shape index (κ2) is 11.4. The minimum atomic E-state index is -0.214. The van der Waals surface area contributed by atoms with Gasteiger partial charge in [-0.15, -0.1) is 0 Å². The van der Waals surface area contributed by atoms with E-state index in [4.69, 9.17) is 17.3 Å². The van der Waals surface area contributed by atoms with Crippen molar-refractivity contribution in [3.8, 4) is 0 Å². The van der Waals surface area contributed by atoms with Gasteiger partial charge >= 0.3 is 0 Å². The molecule has 8 nitrogen and oxygen atoms in total. The van der Waals surface area contributed by atoms with Crippen molar-refractivity contribution in [3.05, 3.63) is 46.6 Å². The van der Waals surface area contributed by atoms with Crippen LogP contribution in [0.4, 0.5) is 11.8 Å². The first-order chi connectivity index (χ1) is 15.4. The van der Waals surface area contributed by atoms with Crippen LogP contribution in [0, 0.1) is 5.92 Å². The molecule has 0 bridgehead atoms. The van der Waals surface area contributed by atoms with Crippen molar-refractivity contribution >= 4 is 29.3 Å². The highest BCUT2D eigenvalue weighted by Crippen LogP contribution is 2.23. The Balaban J connectivity index is 1.68. The van der Waals surface area contributed by atoms with Gasteiger partial charge in [0, 0.05) is 44.8 Å². The minimum absolute atomic E-state index is 0.105. The lowest BCUT2D eigenvalue weighted by Crippen LogP contribution is -2.46. The number of amides is 1. The molecule has 1 aliphatic rings. The molecule has 1 amide bonds. The summed E-state index contributed by atoms with van der Waals surface area (Å²) in [4.78, 5) is 26.2. The Morgan fingerprint density at radius 1 is 1.25 bits per heavy atom. The van der Waals surface area contributed by atoms with Gasteiger partial charge in [0.1, 0.15) is 5.02 Å². The molecule has 0 atom stereocenters. The number of nitrogens with one attached hydrogen (secondary N) is 1. The number of nitrogens with zero attached hydrogens (tertiary/aromatic N) is 5. The summed E-state index contributed by atoms with van der Waals surface area (Å²) < 4.78 is 0. The van der Waals surface area contributed by atoms with Crippen LogP contribution < -0.4 is 16.2 Å². The molecule has 0 unspecified atom stereocenters. The van der Waals surface area contributed by atoms with Crippen LogP contribution in [0.25, 0.3) is 0 Å². The molecule has 2 aromatic rings. The third-order valence-electron chi connectivity index (χ3n) is 5.38. The molecule has 3 rings (SSSR count). The van der Waals surface area contributed by atoms with E-state index in [1.165, 1.54) is 19.2 Å². The van der Waals surface area contributed by atoms with Crippen LogP contribution in [0.15, 0.2) is 30.5 Å². The summed E-state index contributed by atoms with van der Waals surface area (Å²) in [5.74, 6) is 0.546. The standard InChI is InChI=1S/C23H34ClN7O/c1-4-8-29-9-11-30(12-10-29)16-18-6-5-7-19(13-18)22(32)28-31(15-17(2)3)21-20(24)14-26-23(25)27-21/h5-7,13-14,17H,4,8-12,15-16H2,1-3H3,(H,28,32)(H2,25,26,27). The number of hydrogen-bond acceptors (Lipinski definition) is 7. The highest BCUT2D eigenvalue weighted by Gasteiger charge is 2.20. The Bertz CT molecular complexity index is 900. The van der Waals surface area contributed by atoms with Gasteiger partial charge < -0.3 is 10.6 Å². The van der Waals surface area contributed by atoms with E-state index >= 15 is 0 Å². The summed E-state index contributed by atoms with van der Waals surface area (Å²) >= 11 is 6.29. The quantitative estimate of drug-likeness (QED) is 0.557. The predicted molar refractivity (Wildman–Crippen MR) is 130 cm³/mol. The number of rotatable bonds is 9. The Kier molecular flexibility index (Phi) is 8.67. The summed E-state index contributed by atoms with van der Waals surface area (Å²) in [6.07, 6.45) is 2.64. The van der Waals surface area contributed by atoms with Gasteiger partial charge in [-0.3, -0.25) is 20.1 Å². The number of piperazine rings is 1. The van der Waals surface area contributed by atoms with Crippen LogP contribution >= 0.6 is 11.6 Å². The van der Waals surface area contributed by atoms with Crippen molar-refractivity contribution in [2.45, 2.75) is 33.7 Å². The molecule has 32 heavy (non-hydrogen) atoms. The zero-order valence-corrected chi connectivity index (χ0v) is 20.0. The Morgan fingerprint density at radius 3 is 2.66 bits per heavy atom. The first-order valence-electron chi connectivity index (χ1n) is 11.3. The SMILES string of the molecule is CCCN1CCN(Cc2cccc(C(=O)NN(CC(C)C)c3nc(N)ncc3Cl)c2)CC1. The van der Waals surface area contributed by atoms with E-state index in [-0.39, 0.29) is 17.8 Å². The molecule has 0 radical (unpaired) electrons. The van der Waals surface area contributed by atoms with Gasteiger partial charge in [-0.2, -0.15) is 4.98 Å². The van der Waals surface area contributed by atoms with Crippen molar-refractivity contribution < 1.29 is 4.79 Å². The molecule has 1 aliphatic heterocycles. The highest BCUT2D eigenvalue weighted by atomic mass is 35.5. The van der Waals surface area contributed by atoms with Gasteiger partial charge in [0.15, 0.2) is 5.82 Å². The highest BCUT2D eigenvalue weighted by molar-refractivity contribution is 6.32. The topological polar surface area (TPSA) is 90.6 Å². The smallest absolute Gasteiger partial charge is 0.269 e. The summed E-state index contributed by atoms with van der Waals surface area (Å²) in [5.41, 5.74) is 10.4. The molecule has 2 heterocycles. The van der Waals surface area contributed by atoms with Crippen molar-refractivity contribution in [2.24, 2.45) is 5.92 Å². The summed E-state index contributed by atoms with van der Waals surface area (Å²) in [6.45, 7) is 13.2. The molecular formula is C23H34ClN7O. The number of halogens is 1. The maximum Gasteiger partial charge on any atom is 0.269 e. The fraction of sp³-hybridized carbons (Fsp3) is 0.522. The van der Waals surface area contributed by atoms with Gasteiger partial charge in [-0.25, -0.2) is 4.98 Å². The number of nitrogen functional groups attached to an aromatic ring is 1. The molecule has 174 valence electrons. The van der Waals surface area contributed by atoms with Crippen LogP contribution in [0.1, 0.15) is 43.1 Å². The Hall–Kier alpha value is -2.42. The molecule has 0 spiro atoms. The van der Waals surface area contributed by atoms with E-state index in [2.05, 4.69) is 52.0 Å². The molecule has 1 aromatic carbocycles. The average Bonchev–Trinajstić information content (AvgIpc) is 2.76. The summed E-state index contributed by atoms with van der Waals surface area (Å²) in [5, 5.41) is 1.98. The third kappa shape index (κ3) is 6.79. The van der Waals surface area contributed by atoms with Gasteiger partial charge in [-0.1, -0.05) is 44.5 Å². The molecule has 0 aliphatic carbocycles. The number of hydrazine groups is 1.